The van der Waals surface area contributed by atoms with Gasteiger partial charge in [0.15, 0.2) is 0 Å². The zero-order valence-corrected chi connectivity index (χ0v) is 18.2. The molecular weight excluding hydrogens is 467 g/mol. The summed E-state index contributed by atoms with van der Waals surface area (Å²) in [4.78, 5) is 16.1. The monoisotopic (exact) mass is 488 g/mol. The van der Waals surface area contributed by atoms with E-state index in [4.69, 9.17) is 10.5 Å². The van der Waals surface area contributed by atoms with E-state index in [1.807, 2.05) is 0 Å². The Kier molecular flexibility index (Phi) is 5.51. The maximum Gasteiger partial charge on any atom is 0.446 e. The lowest BCUT2D eigenvalue weighted by Gasteiger charge is -2.45. The predicted molar refractivity (Wildman–Crippen MR) is 113 cm³/mol. The fourth-order valence-corrected chi connectivity index (χ4v) is 4.99. The average Bonchev–Trinajstić information content (AvgIpc) is 3.14. The molecule has 13 heteroatoms. The second-order valence-corrected chi connectivity index (χ2v) is 9.54. The zero-order chi connectivity index (χ0) is 23.4. The van der Waals surface area contributed by atoms with Crippen LogP contribution in [0.3, 0.4) is 0 Å². The number of anilines is 3. The number of pyridine rings is 1. The minimum Gasteiger partial charge on any atom is -0.383 e. The van der Waals surface area contributed by atoms with Crippen molar-refractivity contribution in [1.29, 1.82) is 0 Å². The summed E-state index contributed by atoms with van der Waals surface area (Å²) in [5.74, 6) is -2.45. The third kappa shape index (κ3) is 4.79. The molecule has 0 saturated carbocycles. The number of thioether (sulfide) groups is 1. The molecule has 2 bridgehead atoms. The quantitative estimate of drug-likeness (QED) is 0.512. The highest BCUT2D eigenvalue weighted by molar-refractivity contribution is 8.00. The van der Waals surface area contributed by atoms with E-state index in [1.54, 1.807) is 6.07 Å². The first-order valence-electron chi connectivity index (χ1n) is 10.5. The lowest BCUT2D eigenvalue weighted by molar-refractivity contribution is -0.0328. The Bertz CT molecular complexity index is 1050. The van der Waals surface area contributed by atoms with Crippen LogP contribution in [0.1, 0.15) is 19.3 Å². The molecule has 4 saturated heterocycles. The van der Waals surface area contributed by atoms with Gasteiger partial charge in [0.25, 0.3) is 5.92 Å². The first-order chi connectivity index (χ1) is 15.6. The SMILES string of the molecule is Nc1ncc(-c2cc(N3C[C@@H]4CC[C@H]3CO4)nc(N3CCC(F)(F)C3)n2)cc1SC(F)(F)F. The second-order valence-electron chi connectivity index (χ2n) is 8.43. The molecule has 6 heterocycles. The smallest absolute Gasteiger partial charge is 0.383 e. The summed E-state index contributed by atoms with van der Waals surface area (Å²) in [7, 11) is 0. The molecular formula is C20H21F5N6OS. The molecule has 0 unspecified atom stereocenters. The Morgan fingerprint density at radius 3 is 2.61 bits per heavy atom. The van der Waals surface area contributed by atoms with Gasteiger partial charge in [-0.05, 0) is 30.7 Å². The summed E-state index contributed by atoms with van der Waals surface area (Å²) in [6.07, 6.45) is 2.92. The van der Waals surface area contributed by atoms with Crippen molar-refractivity contribution in [3.05, 3.63) is 18.3 Å². The number of halogens is 5. The van der Waals surface area contributed by atoms with Crippen LogP contribution in [-0.2, 0) is 4.74 Å². The zero-order valence-electron chi connectivity index (χ0n) is 17.4. The van der Waals surface area contributed by atoms with Gasteiger partial charge >= 0.3 is 5.51 Å². The Morgan fingerprint density at radius 1 is 1.18 bits per heavy atom. The summed E-state index contributed by atoms with van der Waals surface area (Å²) >= 11 is -0.360. The van der Waals surface area contributed by atoms with Gasteiger partial charge in [-0.15, -0.1) is 0 Å². The van der Waals surface area contributed by atoms with Crippen molar-refractivity contribution in [2.75, 3.05) is 41.8 Å². The van der Waals surface area contributed by atoms with Crippen molar-refractivity contribution >= 4 is 29.3 Å². The first-order valence-corrected chi connectivity index (χ1v) is 11.3. The molecule has 7 nitrogen and oxygen atoms in total. The molecule has 0 aromatic carbocycles. The molecule has 0 amide bonds. The van der Waals surface area contributed by atoms with Crippen LogP contribution in [0.15, 0.2) is 23.2 Å². The summed E-state index contributed by atoms with van der Waals surface area (Å²) < 4.78 is 72.3. The van der Waals surface area contributed by atoms with Crippen molar-refractivity contribution in [1.82, 2.24) is 15.0 Å². The molecule has 178 valence electrons. The van der Waals surface area contributed by atoms with E-state index in [0.29, 0.717) is 30.2 Å². The molecule has 6 rings (SSSR count). The number of morpholine rings is 1. The highest BCUT2D eigenvalue weighted by Gasteiger charge is 2.40. The average molecular weight is 488 g/mol. The normalized spacial score (nSPS) is 24.5. The van der Waals surface area contributed by atoms with Crippen LogP contribution < -0.4 is 15.5 Å². The van der Waals surface area contributed by atoms with Crippen molar-refractivity contribution in [2.24, 2.45) is 0 Å². The molecule has 0 spiro atoms. The van der Waals surface area contributed by atoms with E-state index in [1.165, 1.54) is 17.2 Å². The molecule has 2 aromatic rings. The minimum atomic E-state index is -4.54. The molecule has 2 N–H and O–H groups in total. The van der Waals surface area contributed by atoms with Crippen LogP contribution >= 0.6 is 11.8 Å². The van der Waals surface area contributed by atoms with Crippen LogP contribution in [-0.4, -0.2) is 64.8 Å². The van der Waals surface area contributed by atoms with Crippen molar-refractivity contribution in [2.45, 2.75) is 47.7 Å². The van der Waals surface area contributed by atoms with Gasteiger partial charge in [-0.2, -0.15) is 18.2 Å². The van der Waals surface area contributed by atoms with E-state index in [0.717, 1.165) is 12.8 Å². The largest absolute Gasteiger partial charge is 0.446 e. The number of alkyl halides is 5. The number of aromatic nitrogens is 3. The second kappa shape index (κ2) is 8.12. The molecule has 2 aromatic heterocycles. The number of piperidine rings is 1. The van der Waals surface area contributed by atoms with Gasteiger partial charge in [0.1, 0.15) is 11.6 Å². The van der Waals surface area contributed by atoms with Crippen LogP contribution in [0.25, 0.3) is 11.3 Å². The number of hydrogen-bond donors (Lipinski definition) is 1. The maximum absolute atomic E-state index is 13.9. The highest BCUT2D eigenvalue weighted by Crippen LogP contribution is 2.41. The van der Waals surface area contributed by atoms with Crippen LogP contribution in [0, 0.1) is 0 Å². The number of fused-ring (bicyclic) bond motifs is 3. The van der Waals surface area contributed by atoms with Gasteiger partial charge in [0.2, 0.25) is 5.95 Å². The Balaban J connectivity index is 1.55. The summed E-state index contributed by atoms with van der Waals surface area (Å²) in [6, 6.07) is 3.01. The van der Waals surface area contributed by atoms with Crippen LogP contribution in [0.4, 0.5) is 39.5 Å². The van der Waals surface area contributed by atoms with Gasteiger partial charge in [-0.3, -0.25) is 0 Å². The maximum atomic E-state index is 13.9. The molecule has 4 fully saturated rings. The predicted octanol–water partition coefficient (Wildman–Crippen LogP) is 3.95. The molecule has 0 radical (unpaired) electrons. The van der Waals surface area contributed by atoms with E-state index in [2.05, 4.69) is 19.9 Å². The van der Waals surface area contributed by atoms with Crippen LogP contribution in [0.2, 0.25) is 0 Å². The topological polar surface area (TPSA) is 80.4 Å². The van der Waals surface area contributed by atoms with E-state index >= 15 is 0 Å². The van der Waals surface area contributed by atoms with Crippen LogP contribution in [0.5, 0.6) is 0 Å². The van der Waals surface area contributed by atoms with E-state index < -0.39 is 18.0 Å². The minimum absolute atomic E-state index is 0.0564. The van der Waals surface area contributed by atoms with Gasteiger partial charge in [-0.25, -0.2) is 18.7 Å². The van der Waals surface area contributed by atoms with E-state index in [-0.39, 0.29) is 53.5 Å². The van der Waals surface area contributed by atoms with Crippen molar-refractivity contribution < 1.29 is 26.7 Å². The lowest BCUT2D eigenvalue weighted by Crippen LogP contribution is -2.55. The van der Waals surface area contributed by atoms with Crippen molar-refractivity contribution in [3.63, 3.8) is 0 Å². The molecule has 33 heavy (non-hydrogen) atoms. The number of nitrogen functional groups attached to an aromatic ring is 1. The number of hydrogen-bond acceptors (Lipinski definition) is 8. The van der Waals surface area contributed by atoms with Gasteiger partial charge < -0.3 is 20.3 Å². The number of nitrogens with two attached hydrogens (primary N) is 1. The Morgan fingerprint density at radius 2 is 2.00 bits per heavy atom. The number of rotatable bonds is 4. The first kappa shape index (κ1) is 22.4. The Labute approximate surface area is 190 Å². The Hall–Kier alpha value is -2.41. The summed E-state index contributed by atoms with van der Waals surface area (Å²) in [5.41, 5.74) is 1.70. The number of nitrogens with zero attached hydrogens (tertiary/aromatic N) is 5. The van der Waals surface area contributed by atoms with Gasteiger partial charge in [0.05, 0.1) is 35.9 Å². The third-order valence-electron chi connectivity index (χ3n) is 6.04. The molecule has 2 atom stereocenters. The molecule has 0 aliphatic carbocycles. The number of ether oxygens (including phenoxy) is 1. The lowest BCUT2D eigenvalue weighted by atomic mass is 9.97. The van der Waals surface area contributed by atoms with E-state index in [9.17, 15) is 22.0 Å². The molecule has 4 aliphatic heterocycles. The summed E-state index contributed by atoms with van der Waals surface area (Å²) in [5, 5.41) is 0. The molecule has 4 aliphatic rings. The highest BCUT2D eigenvalue weighted by atomic mass is 32.2. The standard InChI is InChI=1S/C20H21F5N6OS/c21-19(22)3-4-30(10-19)18-28-14(11-5-15(17(26)27-7-11)33-20(23,24)25)6-16(29-18)31-8-13-2-1-12(31)9-32-13/h5-7,12-13H,1-4,8-10H2,(H2,26,27)/t12-,13-/m0/s1. The summed E-state index contributed by atoms with van der Waals surface area (Å²) in [6.45, 7) is 0.712. The van der Waals surface area contributed by atoms with Crippen molar-refractivity contribution in [3.8, 4) is 11.3 Å². The van der Waals surface area contributed by atoms with Gasteiger partial charge in [-0.1, -0.05) is 0 Å². The third-order valence-corrected chi connectivity index (χ3v) is 6.82. The van der Waals surface area contributed by atoms with Gasteiger partial charge in [0, 0.05) is 37.3 Å². The fraction of sp³-hybridized carbons (Fsp3) is 0.550. The fourth-order valence-electron chi connectivity index (χ4n) is 4.40.